The molecule has 1 amide bonds. The van der Waals surface area contributed by atoms with Gasteiger partial charge in [-0.1, -0.05) is 41.0 Å². The average Bonchev–Trinajstić information content (AvgIpc) is 2.93. The number of carbonyl (C=O) groups is 2. The zero-order chi connectivity index (χ0) is 18.1. The van der Waals surface area contributed by atoms with Crippen LogP contribution in [0.15, 0.2) is 5.38 Å². The molecule has 3 atom stereocenters. The third kappa shape index (κ3) is 4.00. The molecule has 24 heavy (non-hydrogen) atoms. The van der Waals surface area contributed by atoms with Gasteiger partial charge < -0.3 is 10.4 Å². The number of nitrogens with one attached hydrogen (secondary N) is 1. The molecule has 134 valence electrons. The van der Waals surface area contributed by atoms with Gasteiger partial charge in [0, 0.05) is 10.3 Å². The Morgan fingerprint density at radius 2 is 2.08 bits per heavy atom. The van der Waals surface area contributed by atoms with Crippen LogP contribution in [0.5, 0.6) is 0 Å². The van der Waals surface area contributed by atoms with E-state index in [1.54, 1.807) is 11.3 Å². The van der Waals surface area contributed by atoms with Crippen molar-refractivity contribution < 1.29 is 14.7 Å². The van der Waals surface area contributed by atoms with Gasteiger partial charge in [0.1, 0.15) is 6.04 Å². The number of thiophene rings is 1. The number of carboxylic acids is 1. The van der Waals surface area contributed by atoms with E-state index in [4.69, 9.17) is 0 Å². The third-order valence-electron chi connectivity index (χ3n) is 5.39. The smallest absolute Gasteiger partial charge is 0.326 e. The van der Waals surface area contributed by atoms with Gasteiger partial charge in [-0.2, -0.15) is 0 Å². The molecule has 1 aromatic heterocycles. The third-order valence-corrected chi connectivity index (χ3v) is 6.44. The number of carboxylic acid groups (broad SMARTS) is 1. The minimum Gasteiger partial charge on any atom is -0.480 e. The van der Waals surface area contributed by atoms with E-state index < -0.39 is 12.0 Å². The van der Waals surface area contributed by atoms with E-state index in [9.17, 15) is 14.7 Å². The number of hydrogen-bond acceptors (Lipinski definition) is 3. The molecule has 1 heterocycles. The fourth-order valence-corrected chi connectivity index (χ4v) is 4.51. The maximum atomic E-state index is 12.6. The Balaban J connectivity index is 2.16. The Bertz CT molecular complexity index is 615. The van der Waals surface area contributed by atoms with Gasteiger partial charge in [0.2, 0.25) is 0 Å². The highest BCUT2D eigenvalue weighted by molar-refractivity contribution is 7.10. The molecule has 0 aromatic carbocycles. The lowest BCUT2D eigenvalue weighted by Gasteiger charge is -2.34. The Kier molecular flexibility index (Phi) is 5.74. The molecular formula is C19H29NO3S. The molecule has 1 aliphatic carbocycles. The fourth-order valence-electron chi connectivity index (χ4n) is 3.34. The van der Waals surface area contributed by atoms with Gasteiger partial charge in [-0.15, -0.1) is 11.3 Å². The van der Waals surface area contributed by atoms with Crippen LogP contribution in [0, 0.1) is 17.3 Å². The summed E-state index contributed by atoms with van der Waals surface area (Å²) in [6.07, 6.45) is 3.72. The zero-order valence-corrected chi connectivity index (χ0v) is 16.1. The molecule has 4 nitrogen and oxygen atoms in total. The summed E-state index contributed by atoms with van der Waals surface area (Å²) in [7, 11) is 0. The van der Waals surface area contributed by atoms with Crippen molar-refractivity contribution in [3.8, 4) is 0 Å². The van der Waals surface area contributed by atoms with Crippen molar-refractivity contribution >= 4 is 23.2 Å². The Labute approximate surface area is 148 Å². The van der Waals surface area contributed by atoms with Gasteiger partial charge in [0.15, 0.2) is 0 Å². The van der Waals surface area contributed by atoms with Crippen molar-refractivity contribution in [1.82, 2.24) is 5.32 Å². The van der Waals surface area contributed by atoms with Crippen molar-refractivity contribution in [3.63, 3.8) is 0 Å². The molecule has 3 unspecified atom stereocenters. The Hall–Kier alpha value is -1.36. The molecule has 2 rings (SSSR count). The monoisotopic (exact) mass is 351 g/mol. The highest BCUT2D eigenvalue weighted by Gasteiger charge is 2.33. The minimum atomic E-state index is -0.963. The number of carbonyl (C=O) groups excluding carboxylic acids is 1. The summed E-state index contributed by atoms with van der Waals surface area (Å²) in [5, 5.41) is 14.0. The Morgan fingerprint density at radius 3 is 2.62 bits per heavy atom. The van der Waals surface area contributed by atoms with Crippen molar-refractivity contribution in [2.24, 2.45) is 17.3 Å². The second-order valence-electron chi connectivity index (χ2n) is 8.03. The maximum absolute atomic E-state index is 12.6. The molecule has 0 saturated heterocycles. The first-order valence-corrected chi connectivity index (χ1v) is 9.66. The van der Waals surface area contributed by atoms with Crippen LogP contribution in [-0.4, -0.2) is 23.0 Å². The number of fused-ring (bicyclic) bond motifs is 1. The first-order valence-electron chi connectivity index (χ1n) is 8.78. The van der Waals surface area contributed by atoms with Crippen molar-refractivity contribution in [3.05, 3.63) is 21.4 Å². The quantitative estimate of drug-likeness (QED) is 0.838. The van der Waals surface area contributed by atoms with E-state index in [2.05, 4.69) is 26.1 Å². The van der Waals surface area contributed by atoms with Crippen LogP contribution in [0.3, 0.4) is 0 Å². The van der Waals surface area contributed by atoms with Gasteiger partial charge >= 0.3 is 5.97 Å². The van der Waals surface area contributed by atoms with Gasteiger partial charge in [-0.05, 0) is 42.1 Å². The number of amides is 1. The predicted octanol–water partition coefficient (Wildman–Crippen LogP) is 4.13. The van der Waals surface area contributed by atoms with Crippen molar-refractivity contribution in [2.75, 3.05) is 0 Å². The molecule has 0 bridgehead atoms. The van der Waals surface area contributed by atoms with E-state index in [0.29, 0.717) is 17.9 Å². The Morgan fingerprint density at radius 1 is 1.42 bits per heavy atom. The van der Waals surface area contributed by atoms with Crippen molar-refractivity contribution in [1.29, 1.82) is 0 Å². The van der Waals surface area contributed by atoms with Gasteiger partial charge in [0.25, 0.3) is 5.91 Å². The lowest BCUT2D eigenvalue weighted by Crippen LogP contribution is -2.45. The maximum Gasteiger partial charge on any atom is 0.326 e. The van der Waals surface area contributed by atoms with Crippen LogP contribution in [0.4, 0.5) is 0 Å². The van der Waals surface area contributed by atoms with E-state index in [-0.39, 0.29) is 17.2 Å². The lowest BCUT2D eigenvalue weighted by atomic mass is 9.72. The SMILES string of the molecule is CCC(C)C(NC(=O)c1csc2c1CCC(C(C)(C)C)C2)C(=O)O. The van der Waals surface area contributed by atoms with Crippen LogP contribution >= 0.6 is 11.3 Å². The van der Waals surface area contributed by atoms with Gasteiger partial charge in [-0.3, -0.25) is 4.79 Å². The van der Waals surface area contributed by atoms with Crippen LogP contribution in [0.1, 0.15) is 68.3 Å². The van der Waals surface area contributed by atoms with Crippen LogP contribution in [-0.2, 0) is 17.6 Å². The van der Waals surface area contributed by atoms with E-state index in [1.807, 2.05) is 19.2 Å². The first kappa shape index (κ1) is 19.0. The topological polar surface area (TPSA) is 66.4 Å². The summed E-state index contributed by atoms with van der Waals surface area (Å²) in [5.41, 5.74) is 2.08. The van der Waals surface area contributed by atoms with Crippen LogP contribution in [0.25, 0.3) is 0 Å². The standard InChI is InChI=1S/C19H29NO3S/c1-6-11(2)16(18(22)23)20-17(21)14-10-24-15-9-12(19(3,4)5)7-8-13(14)15/h10-12,16H,6-9H2,1-5H3,(H,20,21)(H,22,23). The molecule has 0 spiro atoms. The largest absolute Gasteiger partial charge is 0.480 e. The number of aliphatic carboxylic acids is 1. The molecule has 1 aliphatic rings. The first-order chi connectivity index (χ1) is 11.1. The van der Waals surface area contributed by atoms with Crippen molar-refractivity contribution in [2.45, 2.75) is 66.3 Å². The normalized spacial score (nSPS) is 20.1. The van der Waals surface area contributed by atoms with E-state index in [0.717, 1.165) is 24.8 Å². The average molecular weight is 352 g/mol. The molecule has 0 radical (unpaired) electrons. The summed E-state index contributed by atoms with van der Waals surface area (Å²) in [6, 6.07) is -0.830. The number of hydrogen-bond donors (Lipinski definition) is 2. The molecule has 5 heteroatoms. The predicted molar refractivity (Wildman–Crippen MR) is 97.6 cm³/mol. The summed E-state index contributed by atoms with van der Waals surface area (Å²) in [6.45, 7) is 10.6. The highest BCUT2D eigenvalue weighted by Crippen LogP contribution is 2.40. The highest BCUT2D eigenvalue weighted by atomic mass is 32.1. The minimum absolute atomic E-state index is 0.0915. The second-order valence-corrected chi connectivity index (χ2v) is 9.00. The molecule has 1 aromatic rings. The number of rotatable bonds is 5. The van der Waals surface area contributed by atoms with E-state index in [1.165, 1.54) is 4.88 Å². The molecule has 0 aliphatic heterocycles. The summed E-state index contributed by atoms with van der Waals surface area (Å²) in [5.74, 6) is -0.665. The van der Waals surface area contributed by atoms with E-state index >= 15 is 0 Å². The summed E-state index contributed by atoms with van der Waals surface area (Å²) < 4.78 is 0. The summed E-state index contributed by atoms with van der Waals surface area (Å²) in [4.78, 5) is 25.4. The molecule has 0 fully saturated rings. The van der Waals surface area contributed by atoms with Gasteiger partial charge in [0.05, 0.1) is 5.56 Å². The fraction of sp³-hybridized carbons (Fsp3) is 0.684. The summed E-state index contributed by atoms with van der Waals surface area (Å²) >= 11 is 1.64. The second kappa shape index (κ2) is 7.26. The molecular weight excluding hydrogens is 322 g/mol. The van der Waals surface area contributed by atoms with Gasteiger partial charge in [-0.25, -0.2) is 4.79 Å². The molecule has 0 saturated carbocycles. The lowest BCUT2D eigenvalue weighted by molar-refractivity contribution is -0.140. The van der Waals surface area contributed by atoms with Crippen LogP contribution < -0.4 is 5.32 Å². The van der Waals surface area contributed by atoms with Crippen LogP contribution in [0.2, 0.25) is 0 Å². The zero-order valence-electron chi connectivity index (χ0n) is 15.3. The molecule has 2 N–H and O–H groups in total.